The average molecular weight is 266 g/mol. The van der Waals surface area contributed by atoms with Crippen molar-refractivity contribution in [3.63, 3.8) is 0 Å². The minimum absolute atomic E-state index is 0.326. The summed E-state index contributed by atoms with van der Waals surface area (Å²) in [5.41, 5.74) is 2.46. The quantitative estimate of drug-likeness (QED) is 0.873. The number of hydrogen-bond donors (Lipinski definition) is 1. The van der Waals surface area contributed by atoms with Crippen molar-refractivity contribution in [2.45, 2.75) is 19.4 Å². The van der Waals surface area contributed by atoms with Crippen LogP contribution in [0.4, 0.5) is 0 Å². The third kappa shape index (κ3) is 2.89. The van der Waals surface area contributed by atoms with Gasteiger partial charge in [-0.1, -0.05) is 29.8 Å². The number of halogens is 1. The minimum Gasteiger partial charge on any atom is -0.313 e. The Labute approximate surface area is 111 Å². The molecule has 0 aliphatic carbocycles. The highest BCUT2D eigenvalue weighted by molar-refractivity contribution is 7.09. The fourth-order valence-corrected chi connectivity index (χ4v) is 2.93. The lowest BCUT2D eigenvalue weighted by atomic mass is 9.98. The van der Waals surface area contributed by atoms with Gasteiger partial charge in [0.1, 0.15) is 0 Å². The van der Waals surface area contributed by atoms with Crippen LogP contribution >= 0.6 is 22.9 Å². The minimum atomic E-state index is 0.326. The van der Waals surface area contributed by atoms with E-state index in [9.17, 15) is 0 Å². The van der Waals surface area contributed by atoms with E-state index in [1.807, 2.05) is 19.2 Å². The molecule has 17 heavy (non-hydrogen) atoms. The van der Waals surface area contributed by atoms with Crippen LogP contribution in [-0.2, 0) is 6.42 Å². The molecule has 0 spiro atoms. The van der Waals surface area contributed by atoms with E-state index in [0.717, 1.165) is 11.4 Å². The normalized spacial score (nSPS) is 12.6. The molecule has 0 bridgehead atoms. The van der Waals surface area contributed by atoms with Gasteiger partial charge in [0.05, 0.1) is 0 Å². The molecule has 1 heterocycles. The van der Waals surface area contributed by atoms with Gasteiger partial charge in [-0.25, -0.2) is 0 Å². The van der Waals surface area contributed by atoms with Gasteiger partial charge in [0.15, 0.2) is 0 Å². The van der Waals surface area contributed by atoms with Crippen molar-refractivity contribution < 1.29 is 0 Å². The summed E-state index contributed by atoms with van der Waals surface area (Å²) in [6, 6.07) is 10.7. The number of benzene rings is 1. The molecule has 0 aliphatic heterocycles. The molecule has 3 heteroatoms. The molecule has 0 radical (unpaired) electrons. The highest BCUT2D eigenvalue weighted by Crippen LogP contribution is 2.27. The van der Waals surface area contributed by atoms with Crippen LogP contribution in [0.15, 0.2) is 35.7 Å². The van der Waals surface area contributed by atoms with Crippen molar-refractivity contribution in [2.75, 3.05) is 7.05 Å². The number of rotatable bonds is 4. The largest absolute Gasteiger partial charge is 0.313 e. The third-order valence-corrected chi connectivity index (χ3v) is 4.33. The first-order valence-corrected chi connectivity index (χ1v) is 6.92. The zero-order valence-electron chi connectivity index (χ0n) is 10.0. The topological polar surface area (TPSA) is 12.0 Å². The second kappa shape index (κ2) is 5.67. The van der Waals surface area contributed by atoms with Crippen molar-refractivity contribution in [2.24, 2.45) is 0 Å². The lowest BCUT2D eigenvalue weighted by Crippen LogP contribution is -2.19. The summed E-state index contributed by atoms with van der Waals surface area (Å²) < 4.78 is 0. The molecule has 0 amide bonds. The lowest BCUT2D eigenvalue weighted by molar-refractivity contribution is 0.593. The standard InChI is InChI=1S/C14H16ClNS/c1-10-12(6-3-7-13(10)15)14(16-2)9-11-5-4-8-17-11/h3-8,14,16H,9H2,1-2H3. The molecule has 2 rings (SSSR count). The van der Waals surface area contributed by atoms with Crippen LogP contribution in [0.25, 0.3) is 0 Å². The maximum absolute atomic E-state index is 6.17. The van der Waals surface area contributed by atoms with Crippen LogP contribution in [0.1, 0.15) is 22.0 Å². The first-order chi connectivity index (χ1) is 8.22. The SMILES string of the molecule is CNC(Cc1cccs1)c1cccc(Cl)c1C. The third-order valence-electron chi connectivity index (χ3n) is 3.02. The molecule has 0 aliphatic rings. The van der Waals surface area contributed by atoms with E-state index in [1.165, 1.54) is 16.0 Å². The summed E-state index contributed by atoms with van der Waals surface area (Å²) in [4.78, 5) is 1.39. The summed E-state index contributed by atoms with van der Waals surface area (Å²) in [6.45, 7) is 2.08. The van der Waals surface area contributed by atoms with Crippen LogP contribution < -0.4 is 5.32 Å². The summed E-state index contributed by atoms with van der Waals surface area (Å²) >= 11 is 7.97. The van der Waals surface area contributed by atoms with Crippen molar-refractivity contribution in [3.05, 3.63) is 56.7 Å². The molecule has 1 nitrogen and oxygen atoms in total. The monoisotopic (exact) mass is 265 g/mol. The first kappa shape index (κ1) is 12.6. The Kier molecular flexibility index (Phi) is 4.21. The molecule has 1 aromatic carbocycles. The maximum Gasteiger partial charge on any atom is 0.0438 e. The Hall–Kier alpha value is -0.830. The average Bonchev–Trinajstić information content (AvgIpc) is 2.83. The van der Waals surface area contributed by atoms with Crippen LogP contribution in [0.2, 0.25) is 5.02 Å². The van der Waals surface area contributed by atoms with E-state index in [0.29, 0.717) is 6.04 Å². The zero-order chi connectivity index (χ0) is 12.3. The molecule has 0 fully saturated rings. The predicted octanol–water partition coefficient (Wildman–Crippen LogP) is 4.21. The smallest absolute Gasteiger partial charge is 0.0438 e. The number of thiophene rings is 1. The van der Waals surface area contributed by atoms with Gasteiger partial charge in [0, 0.05) is 22.4 Å². The van der Waals surface area contributed by atoms with Gasteiger partial charge in [-0.3, -0.25) is 0 Å². The van der Waals surface area contributed by atoms with E-state index < -0.39 is 0 Å². The second-order valence-corrected chi connectivity index (χ2v) is 5.52. The summed E-state index contributed by atoms with van der Waals surface area (Å²) in [5, 5.41) is 6.33. The number of nitrogens with one attached hydrogen (secondary N) is 1. The fraction of sp³-hybridized carbons (Fsp3) is 0.286. The molecule has 0 saturated heterocycles. The fourth-order valence-electron chi connectivity index (χ4n) is 2.00. The molecule has 1 N–H and O–H groups in total. The van der Waals surface area contributed by atoms with E-state index >= 15 is 0 Å². The highest BCUT2D eigenvalue weighted by atomic mass is 35.5. The Bertz CT molecular complexity index is 479. The molecular formula is C14H16ClNS. The molecular weight excluding hydrogens is 250 g/mol. The zero-order valence-corrected chi connectivity index (χ0v) is 11.6. The van der Waals surface area contributed by atoms with Gasteiger partial charge in [0.2, 0.25) is 0 Å². The Morgan fingerprint density at radius 2 is 2.12 bits per heavy atom. The predicted molar refractivity (Wildman–Crippen MR) is 76.0 cm³/mol. The van der Waals surface area contributed by atoms with Crippen LogP contribution in [0.3, 0.4) is 0 Å². The Balaban J connectivity index is 2.26. The summed E-state index contributed by atoms with van der Waals surface area (Å²) in [6.07, 6.45) is 1.01. The number of likely N-dealkylation sites (N-methyl/N-ethyl adjacent to an activating group) is 1. The molecule has 1 unspecified atom stereocenters. The molecule has 1 atom stereocenters. The Morgan fingerprint density at radius 3 is 2.76 bits per heavy atom. The highest BCUT2D eigenvalue weighted by Gasteiger charge is 2.14. The van der Waals surface area contributed by atoms with Gasteiger partial charge in [-0.15, -0.1) is 11.3 Å². The molecule has 90 valence electrons. The summed E-state index contributed by atoms with van der Waals surface area (Å²) in [5.74, 6) is 0. The van der Waals surface area contributed by atoms with Crippen molar-refractivity contribution in [3.8, 4) is 0 Å². The summed E-state index contributed by atoms with van der Waals surface area (Å²) in [7, 11) is 2.00. The van der Waals surface area contributed by atoms with E-state index in [4.69, 9.17) is 11.6 Å². The van der Waals surface area contributed by atoms with Gasteiger partial charge in [0.25, 0.3) is 0 Å². The maximum atomic E-state index is 6.17. The van der Waals surface area contributed by atoms with E-state index in [1.54, 1.807) is 11.3 Å². The molecule has 1 aromatic heterocycles. The van der Waals surface area contributed by atoms with Crippen molar-refractivity contribution in [1.29, 1.82) is 0 Å². The van der Waals surface area contributed by atoms with Crippen LogP contribution in [-0.4, -0.2) is 7.05 Å². The van der Waals surface area contributed by atoms with Crippen molar-refractivity contribution in [1.82, 2.24) is 5.32 Å². The van der Waals surface area contributed by atoms with Gasteiger partial charge in [-0.05, 0) is 42.6 Å². The first-order valence-electron chi connectivity index (χ1n) is 5.67. The second-order valence-electron chi connectivity index (χ2n) is 4.08. The van der Waals surface area contributed by atoms with Crippen molar-refractivity contribution >= 4 is 22.9 Å². The van der Waals surface area contributed by atoms with E-state index in [2.05, 4.69) is 35.8 Å². The molecule has 2 aromatic rings. The van der Waals surface area contributed by atoms with Gasteiger partial charge in [-0.2, -0.15) is 0 Å². The lowest BCUT2D eigenvalue weighted by Gasteiger charge is -2.18. The van der Waals surface area contributed by atoms with Crippen LogP contribution in [0, 0.1) is 6.92 Å². The van der Waals surface area contributed by atoms with Crippen LogP contribution in [0.5, 0.6) is 0 Å². The Morgan fingerprint density at radius 1 is 1.29 bits per heavy atom. The number of hydrogen-bond acceptors (Lipinski definition) is 2. The van der Waals surface area contributed by atoms with Gasteiger partial charge < -0.3 is 5.32 Å². The van der Waals surface area contributed by atoms with Gasteiger partial charge >= 0.3 is 0 Å². The molecule has 0 saturated carbocycles. The van der Waals surface area contributed by atoms with E-state index in [-0.39, 0.29) is 0 Å².